The van der Waals surface area contributed by atoms with Gasteiger partial charge in [-0.15, -0.1) is 0 Å². The minimum absolute atomic E-state index is 0.334. The fourth-order valence-electron chi connectivity index (χ4n) is 0.776. The SMILES string of the molecule is C/C(=N/OS(=O)(=O)[O-])Sc1ccccc1. The van der Waals surface area contributed by atoms with Crippen LogP contribution in [0.1, 0.15) is 6.92 Å². The molecular formula is C8H8NO4S2-. The summed E-state index contributed by atoms with van der Waals surface area (Å²) in [6.07, 6.45) is 0. The first-order valence-corrected chi connectivity index (χ1v) is 6.04. The van der Waals surface area contributed by atoms with Crippen molar-refractivity contribution < 1.29 is 17.3 Å². The van der Waals surface area contributed by atoms with Gasteiger partial charge in [-0.3, -0.25) is 4.28 Å². The van der Waals surface area contributed by atoms with Crippen LogP contribution in [0.4, 0.5) is 0 Å². The van der Waals surface area contributed by atoms with Crippen molar-refractivity contribution in [3.8, 4) is 0 Å². The van der Waals surface area contributed by atoms with Crippen LogP contribution in [0.5, 0.6) is 0 Å². The molecule has 82 valence electrons. The zero-order chi connectivity index (χ0) is 11.3. The molecule has 0 atom stereocenters. The molecule has 1 aromatic rings. The van der Waals surface area contributed by atoms with Crippen LogP contribution in [0.2, 0.25) is 0 Å². The molecule has 0 amide bonds. The van der Waals surface area contributed by atoms with Crippen molar-refractivity contribution >= 4 is 27.2 Å². The Kier molecular flexibility index (Phi) is 4.13. The van der Waals surface area contributed by atoms with Gasteiger partial charge in [-0.2, -0.15) is 8.42 Å². The maximum absolute atomic E-state index is 10.1. The van der Waals surface area contributed by atoms with Crippen LogP contribution < -0.4 is 0 Å². The largest absolute Gasteiger partial charge is 0.714 e. The highest BCUT2D eigenvalue weighted by Gasteiger charge is 1.98. The van der Waals surface area contributed by atoms with Crippen molar-refractivity contribution in [3.05, 3.63) is 30.3 Å². The predicted octanol–water partition coefficient (Wildman–Crippen LogP) is 1.59. The van der Waals surface area contributed by atoms with Crippen LogP contribution in [0.15, 0.2) is 40.4 Å². The average molecular weight is 246 g/mol. The van der Waals surface area contributed by atoms with Crippen LogP contribution in [-0.2, 0) is 14.7 Å². The normalized spacial score (nSPS) is 12.5. The highest BCUT2D eigenvalue weighted by molar-refractivity contribution is 8.13. The van der Waals surface area contributed by atoms with Crippen molar-refractivity contribution in [1.82, 2.24) is 0 Å². The lowest BCUT2D eigenvalue weighted by Gasteiger charge is -2.03. The van der Waals surface area contributed by atoms with Crippen molar-refractivity contribution in [2.45, 2.75) is 11.8 Å². The molecule has 0 radical (unpaired) electrons. The second-order valence-corrected chi connectivity index (χ2v) is 4.74. The van der Waals surface area contributed by atoms with Gasteiger partial charge in [-0.05, 0) is 19.1 Å². The summed E-state index contributed by atoms with van der Waals surface area (Å²) < 4.78 is 34.0. The summed E-state index contributed by atoms with van der Waals surface area (Å²) >= 11 is 1.21. The quantitative estimate of drug-likeness (QED) is 0.202. The Balaban J connectivity index is 2.60. The molecule has 15 heavy (non-hydrogen) atoms. The van der Waals surface area contributed by atoms with Crippen molar-refractivity contribution in [3.63, 3.8) is 0 Å². The van der Waals surface area contributed by atoms with E-state index in [1.54, 1.807) is 6.92 Å². The fraction of sp³-hybridized carbons (Fsp3) is 0.125. The Morgan fingerprint density at radius 2 is 2.00 bits per heavy atom. The number of oxime groups is 1. The minimum Gasteiger partial charge on any atom is -0.714 e. The monoisotopic (exact) mass is 246 g/mol. The van der Waals surface area contributed by atoms with Gasteiger partial charge in [-0.1, -0.05) is 35.1 Å². The second kappa shape index (κ2) is 5.15. The van der Waals surface area contributed by atoms with Crippen molar-refractivity contribution in [1.29, 1.82) is 0 Å². The molecule has 0 bridgehead atoms. The number of hydrogen-bond acceptors (Lipinski definition) is 6. The number of benzene rings is 1. The molecule has 1 rings (SSSR count). The molecule has 0 saturated heterocycles. The summed E-state index contributed by atoms with van der Waals surface area (Å²) in [5.41, 5.74) is 0. The Morgan fingerprint density at radius 3 is 2.53 bits per heavy atom. The van der Waals surface area contributed by atoms with Crippen LogP contribution in [0.3, 0.4) is 0 Å². The van der Waals surface area contributed by atoms with Gasteiger partial charge in [0.05, 0.1) is 0 Å². The van der Waals surface area contributed by atoms with E-state index >= 15 is 0 Å². The number of nitrogens with zero attached hydrogens (tertiary/aromatic N) is 1. The molecule has 7 heteroatoms. The van der Waals surface area contributed by atoms with E-state index in [0.717, 1.165) is 4.90 Å². The molecule has 0 aliphatic rings. The molecule has 1 aromatic carbocycles. The van der Waals surface area contributed by atoms with Crippen LogP contribution in [0, 0.1) is 0 Å². The molecule has 0 unspecified atom stereocenters. The first-order chi connectivity index (χ1) is 6.97. The third kappa shape index (κ3) is 5.40. The zero-order valence-electron chi connectivity index (χ0n) is 7.78. The number of thioether (sulfide) groups is 1. The fourth-order valence-corrected chi connectivity index (χ4v) is 1.73. The Labute approximate surface area is 92.1 Å². The minimum atomic E-state index is -4.76. The molecule has 0 N–H and O–H groups in total. The average Bonchev–Trinajstić information content (AvgIpc) is 2.15. The maximum atomic E-state index is 10.1. The van der Waals surface area contributed by atoms with E-state index in [2.05, 4.69) is 9.44 Å². The summed E-state index contributed by atoms with van der Waals surface area (Å²) in [7, 11) is -4.76. The number of hydrogen-bond donors (Lipinski definition) is 0. The Morgan fingerprint density at radius 1 is 1.40 bits per heavy atom. The third-order valence-electron chi connectivity index (χ3n) is 1.27. The van der Waals surface area contributed by atoms with Crippen LogP contribution in [-0.4, -0.2) is 18.0 Å². The highest BCUT2D eigenvalue weighted by atomic mass is 32.3. The molecule has 0 aliphatic carbocycles. The number of rotatable bonds is 3. The van der Waals surface area contributed by atoms with Crippen LogP contribution in [0.25, 0.3) is 0 Å². The van der Waals surface area contributed by atoms with Crippen molar-refractivity contribution in [2.75, 3.05) is 0 Å². The van der Waals surface area contributed by atoms with E-state index in [-0.39, 0.29) is 0 Å². The molecular weight excluding hydrogens is 238 g/mol. The topological polar surface area (TPSA) is 78.8 Å². The van der Waals surface area contributed by atoms with E-state index in [0.29, 0.717) is 5.04 Å². The molecule has 5 nitrogen and oxygen atoms in total. The van der Waals surface area contributed by atoms with Gasteiger partial charge >= 0.3 is 0 Å². The highest BCUT2D eigenvalue weighted by Crippen LogP contribution is 2.18. The summed E-state index contributed by atoms with van der Waals surface area (Å²) in [5.74, 6) is 0. The molecule has 0 spiro atoms. The molecule has 0 fully saturated rings. The van der Waals surface area contributed by atoms with Gasteiger partial charge in [0, 0.05) is 4.90 Å². The zero-order valence-corrected chi connectivity index (χ0v) is 9.42. The third-order valence-corrected chi connectivity index (χ3v) is 2.40. The van der Waals surface area contributed by atoms with Gasteiger partial charge in [0.2, 0.25) is 0 Å². The summed E-state index contributed by atoms with van der Waals surface area (Å²) in [6, 6.07) is 9.18. The van der Waals surface area contributed by atoms with Crippen LogP contribution >= 0.6 is 11.8 Å². The van der Waals surface area contributed by atoms with Gasteiger partial charge in [0.15, 0.2) is 0 Å². The van der Waals surface area contributed by atoms with Gasteiger partial charge in [0.1, 0.15) is 5.04 Å². The van der Waals surface area contributed by atoms with Crippen molar-refractivity contribution in [2.24, 2.45) is 5.16 Å². The van der Waals surface area contributed by atoms with Gasteiger partial charge in [-0.25, -0.2) is 0 Å². The molecule has 0 saturated carbocycles. The Bertz CT molecular complexity index is 441. The first-order valence-electron chi connectivity index (χ1n) is 3.89. The summed E-state index contributed by atoms with van der Waals surface area (Å²) in [4.78, 5) is 0.880. The lowest BCUT2D eigenvalue weighted by atomic mass is 10.4. The lowest BCUT2D eigenvalue weighted by molar-refractivity contribution is 0.275. The smallest absolute Gasteiger partial charge is 0.284 e. The molecule has 0 heterocycles. The van der Waals surface area contributed by atoms with E-state index in [4.69, 9.17) is 0 Å². The second-order valence-electron chi connectivity index (χ2n) is 2.51. The van der Waals surface area contributed by atoms with E-state index in [1.807, 2.05) is 30.3 Å². The maximum Gasteiger partial charge on any atom is 0.284 e. The molecule has 0 aromatic heterocycles. The van der Waals surface area contributed by atoms with Gasteiger partial charge < -0.3 is 4.55 Å². The standard InChI is InChI=1S/C8H9NO4S2/c1-7(9-13-15(10,11)12)14-8-5-3-2-4-6-8/h2-6H,1H3,(H,10,11,12)/p-1/b9-7-. The lowest BCUT2D eigenvalue weighted by Crippen LogP contribution is -2.00. The molecule has 0 aliphatic heterocycles. The first kappa shape index (κ1) is 12.0. The van der Waals surface area contributed by atoms with E-state index < -0.39 is 10.4 Å². The predicted molar refractivity (Wildman–Crippen MR) is 56.2 cm³/mol. The van der Waals surface area contributed by atoms with E-state index in [1.165, 1.54) is 11.8 Å². The van der Waals surface area contributed by atoms with E-state index in [9.17, 15) is 13.0 Å². The van der Waals surface area contributed by atoms with Gasteiger partial charge in [0.25, 0.3) is 10.4 Å². The summed E-state index contributed by atoms with van der Waals surface area (Å²) in [6.45, 7) is 1.54. The Hall–Kier alpha value is -1.05. The summed E-state index contributed by atoms with van der Waals surface area (Å²) in [5, 5.41) is 3.50.